The average molecular weight is 323 g/mol. The highest BCUT2D eigenvalue weighted by molar-refractivity contribution is 8.67. The van der Waals surface area contributed by atoms with Crippen molar-refractivity contribution in [3.63, 3.8) is 0 Å². The van der Waals surface area contributed by atoms with E-state index >= 15 is 0 Å². The van der Waals surface area contributed by atoms with Crippen LogP contribution in [0.4, 0.5) is 0 Å². The van der Waals surface area contributed by atoms with Crippen molar-refractivity contribution in [3.05, 3.63) is 35.9 Å². The first-order valence-electron chi connectivity index (χ1n) is 5.27. The zero-order valence-corrected chi connectivity index (χ0v) is 13.6. The lowest BCUT2D eigenvalue weighted by Gasteiger charge is -2.28. The Morgan fingerprint density at radius 3 is 2.53 bits per heavy atom. The van der Waals surface area contributed by atoms with Crippen molar-refractivity contribution in [2.75, 3.05) is 13.7 Å². The van der Waals surface area contributed by atoms with E-state index in [1.807, 2.05) is 6.07 Å². The lowest BCUT2D eigenvalue weighted by Crippen LogP contribution is -2.14. The Morgan fingerprint density at radius 1 is 1.47 bits per heavy atom. The summed E-state index contributed by atoms with van der Waals surface area (Å²) < 4.78 is 9.71. The first-order chi connectivity index (χ1) is 8.50. The van der Waals surface area contributed by atoms with Crippen LogP contribution < -0.4 is 11.0 Å². The fourth-order valence-electron chi connectivity index (χ4n) is 1.26. The molecular weight excluding hydrogens is 305 g/mol. The van der Waals surface area contributed by atoms with E-state index in [-0.39, 0.29) is 12.8 Å². The molecule has 0 amide bonds. The standard InChI is InChI=1S/C11H15O4PS2.H3N/c1-3-15-11(12)10(18-16(13,17)14-2)9-7-5-4-6-8-9;/h4-8,10H,3H2,1-2H3,(H,13,17);1H3. The van der Waals surface area contributed by atoms with Crippen molar-refractivity contribution in [1.29, 1.82) is 0 Å². The van der Waals surface area contributed by atoms with E-state index in [0.717, 1.165) is 11.4 Å². The molecule has 0 radical (unpaired) electrons. The third kappa shape index (κ3) is 6.03. The summed E-state index contributed by atoms with van der Waals surface area (Å²) in [4.78, 5) is 23.7. The molecule has 2 unspecified atom stereocenters. The number of hydrogen-bond acceptors (Lipinski definition) is 6. The molecule has 0 bridgehead atoms. The maximum atomic E-state index is 11.9. The van der Waals surface area contributed by atoms with E-state index in [9.17, 15) is 9.69 Å². The van der Waals surface area contributed by atoms with Gasteiger partial charge in [0.1, 0.15) is 5.25 Å². The molecule has 0 saturated heterocycles. The van der Waals surface area contributed by atoms with Gasteiger partial charge in [-0.2, -0.15) is 0 Å². The number of hydrogen-bond donors (Lipinski definition) is 1. The van der Waals surface area contributed by atoms with Gasteiger partial charge in [0, 0.05) is 12.8 Å². The van der Waals surface area contributed by atoms with Crippen LogP contribution in [-0.2, 0) is 25.9 Å². The average Bonchev–Trinajstić information content (AvgIpc) is 2.37. The van der Waals surface area contributed by atoms with Crippen molar-refractivity contribution in [2.45, 2.75) is 12.2 Å². The topological polar surface area (TPSA) is 95.1 Å². The molecule has 5 nitrogen and oxygen atoms in total. The van der Waals surface area contributed by atoms with Crippen LogP contribution in [-0.4, -0.2) is 19.7 Å². The van der Waals surface area contributed by atoms with E-state index in [2.05, 4.69) is 0 Å². The highest BCUT2D eigenvalue weighted by Crippen LogP contribution is 2.58. The van der Waals surface area contributed by atoms with Gasteiger partial charge in [0.15, 0.2) is 0 Å². The van der Waals surface area contributed by atoms with E-state index in [1.165, 1.54) is 7.11 Å². The second kappa shape index (κ2) is 8.68. The van der Waals surface area contributed by atoms with Gasteiger partial charge in [-0.05, 0) is 12.5 Å². The van der Waals surface area contributed by atoms with Crippen LogP contribution >= 0.6 is 17.1 Å². The summed E-state index contributed by atoms with van der Waals surface area (Å²) in [6, 6.07) is 8.95. The largest absolute Gasteiger partial charge is 0.793 e. The number of esters is 1. The van der Waals surface area contributed by atoms with E-state index < -0.39 is 16.9 Å². The molecule has 1 rings (SSSR count). The minimum Gasteiger partial charge on any atom is -0.793 e. The van der Waals surface area contributed by atoms with Crippen molar-refractivity contribution in [1.82, 2.24) is 6.15 Å². The summed E-state index contributed by atoms with van der Waals surface area (Å²) >= 11 is 5.63. The molecule has 8 heteroatoms. The third-order valence-corrected chi connectivity index (χ3v) is 6.52. The molecular formula is C11H18NO4PS2. The maximum absolute atomic E-state index is 11.9. The van der Waals surface area contributed by atoms with Crippen LogP contribution in [0.25, 0.3) is 0 Å². The zero-order valence-electron chi connectivity index (χ0n) is 11.1. The summed E-state index contributed by atoms with van der Waals surface area (Å²) in [5.74, 6) is -0.462. The third-order valence-electron chi connectivity index (χ3n) is 2.06. The van der Waals surface area contributed by atoms with Gasteiger partial charge in [0.2, 0.25) is 0 Å². The summed E-state index contributed by atoms with van der Waals surface area (Å²) in [7, 11) is 1.27. The smallest absolute Gasteiger partial charge is 0.324 e. The number of quaternary nitrogens is 1. The zero-order chi connectivity index (χ0) is 13.6. The van der Waals surface area contributed by atoms with Gasteiger partial charge in [-0.25, -0.2) is 0 Å². The van der Waals surface area contributed by atoms with Gasteiger partial charge in [0.05, 0.1) is 6.61 Å². The van der Waals surface area contributed by atoms with Gasteiger partial charge < -0.3 is 20.3 Å². The minimum atomic E-state index is -3.27. The monoisotopic (exact) mass is 323 g/mol. The summed E-state index contributed by atoms with van der Waals surface area (Å²) in [5, 5.41) is -0.727. The Kier molecular flexibility index (Phi) is 8.49. The normalized spacial score (nSPS) is 14.9. The molecule has 108 valence electrons. The van der Waals surface area contributed by atoms with Crippen molar-refractivity contribution in [3.8, 4) is 0 Å². The Labute approximate surface area is 122 Å². The maximum Gasteiger partial charge on any atom is 0.324 e. The summed E-state index contributed by atoms with van der Waals surface area (Å²) in [6.07, 6.45) is 0. The fraction of sp³-hybridized carbons (Fsp3) is 0.364. The number of carbonyl (C=O) groups is 1. The molecule has 0 saturated carbocycles. The van der Waals surface area contributed by atoms with Gasteiger partial charge in [-0.1, -0.05) is 53.5 Å². The van der Waals surface area contributed by atoms with Crippen LogP contribution in [0.2, 0.25) is 0 Å². The number of rotatable bonds is 6. The highest BCUT2D eigenvalue weighted by Gasteiger charge is 2.25. The molecule has 2 atom stereocenters. The Bertz CT molecular complexity index is 444. The molecule has 0 heterocycles. The van der Waals surface area contributed by atoms with E-state index in [1.54, 1.807) is 31.2 Å². The van der Waals surface area contributed by atoms with E-state index in [4.69, 9.17) is 21.1 Å². The van der Waals surface area contributed by atoms with Crippen molar-refractivity contribution in [2.24, 2.45) is 0 Å². The van der Waals surface area contributed by atoms with Crippen LogP contribution in [0.3, 0.4) is 0 Å². The molecule has 1 aromatic carbocycles. The van der Waals surface area contributed by atoms with Crippen LogP contribution in [0.5, 0.6) is 0 Å². The molecule has 0 spiro atoms. The lowest BCUT2D eigenvalue weighted by molar-refractivity contribution is -0.172. The predicted molar refractivity (Wildman–Crippen MR) is 80.7 cm³/mol. The molecule has 19 heavy (non-hydrogen) atoms. The first-order valence-corrected chi connectivity index (χ1v) is 9.39. The summed E-state index contributed by atoms with van der Waals surface area (Å²) in [5.41, 5.74) is -2.58. The number of ether oxygens (including phenoxy) is 1. The van der Waals surface area contributed by atoms with E-state index in [0.29, 0.717) is 5.56 Å². The second-order valence-electron chi connectivity index (χ2n) is 3.28. The molecule has 4 N–H and O–H groups in total. The molecule has 0 aliphatic rings. The van der Waals surface area contributed by atoms with Gasteiger partial charge in [-0.15, -0.1) is 0 Å². The molecule has 0 fully saturated rings. The second-order valence-corrected chi connectivity index (χ2v) is 9.43. The Hall–Kier alpha value is -0.430. The fourth-order valence-corrected chi connectivity index (χ4v) is 4.47. The molecule has 1 aromatic rings. The van der Waals surface area contributed by atoms with Crippen LogP contribution in [0.1, 0.15) is 17.7 Å². The number of carbonyl (C=O) groups excluding carboxylic acids is 1. The minimum absolute atomic E-state index is 0. The predicted octanol–water partition coefficient (Wildman–Crippen LogP) is 2.63. The molecule has 0 aromatic heterocycles. The molecule has 0 aliphatic heterocycles. The Balaban J connectivity index is 0.00000324. The van der Waals surface area contributed by atoms with Gasteiger partial charge in [0.25, 0.3) is 0 Å². The van der Waals surface area contributed by atoms with Gasteiger partial charge >= 0.3 is 5.97 Å². The van der Waals surface area contributed by atoms with Crippen molar-refractivity contribution < 1.29 is 18.9 Å². The van der Waals surface area contributed by atoms with Crippen LogP contribution in [0.15, 0.2) is 30.3 Å². The quantitative estimate of drug-likeness (QED) is 0.638. The summed E-state index contributed by atoms with van der Waals surface area (Å²) in [6.45, 7) is 1.98. The highest BCUT2D eigenvalue weighted by atomic mass is 32.9. The first kappa shape index (κ1) is 18.6. The molecule has 0 aliphatic carbocycles. The SMILES string of the molecule is CCOC(=O)C(SP([O-])(=S)OC)c1ccccc1.[NH4+]. The number of benzene rings is 1. The van der Waals surface area contributed by atoms with Crippen LogP contribution in [0, 0.1) is 0 Å². The Morgan fingerprint density at radius 2 is 2.05 bits per heavy atom. The van der Waals surface area contributed by atoms with Crippen molar-refractivity contribution >= 4 is 34.9 Å². The lowest BCUT2D eigenvalue weighted by atomic mass is 10.1. The van der Waals surface area contributed by atoms with Gasteiger partial charge in [-0.3, -0.25) is 4.79 Å².